The third-order valence-corrected chi connectivity index (χ3v) is 3.58. The number of pyridine rings is 1. The van der Waals surface area contributed by atoms with Crippen molar-refractivity contribution in [1.29, 1.82) is 0 Å². The van der Waals surface area contributed by atoms with Crippen LogP contribution in [0.25, 0.3) is 22.3 Å². The van der Waals surface area contributed by atoms with Crippen molar-refractivity contribution in [3.63, 3.8) is 0 Å². The normalized spacial score (nSPS) is 10.8. The maximum absolute atomic E-state index is 11.4. The van der Waals surface area contributed by atoms with Crippen LogP contribution in [-0.4, -0.2) is 16.3 Å². The Morgan fingerprint density at radius 2 is 2.00 bits per heavy atom. The first-order valence-electron chi connectivity index (χ1n) is 6.21. The van der Waals surface area contributed by atoms with Gasteiger partial charge >= 0.3 is 0 Å². The van der Waals surface area contributed by atoms with E-state index in [2.05, 4.69) is 23.8 Å². The Balaban J connectivity index is 2.38. The fourth-order valence-corrected chi connectivity index (χ4v) is 2.36. The fourth-order valence-electron chi connectivity index (χ4n) is 2.36. The molecule has 0 atom stereocenters. The smallest absolute Gasteiger partial charge is 0.152 e. The Morgan fingerprint density at radius 1 is 1.16 bits per heavy atom. The summed E-state index contributed by atoms with van der Waals surface area (Å²) in [5.74, 6) is 0. The number of hydrogen-bond acceptors (Lipinski definition) is 2. The first-order chi connectivity index (χ1) is 9.22. The Kier molecular flexibility index (Phi) is 2.67. The number of aldehydes is 1. The second-order valence-electron chi connectivity index (χ2n) is 4.68. The van der Waals surface area contributed by atoms with E-state index in [0.29, 0.717) is 5.56 Å². The molecule has 2 heterocycles. The van der Waals surface area contributed by atoms with E-state index in [-0.39, 0.29) is 0 Å². The molecular formula is C16H14N2O. The van der Waals surface area contributed by atoms with E-state index in [1.807, 2.05) is 30.3 Å². The van der Waals surface area contributed by atoms with E-state index in [4.69, 9.17) is 0 Å². The summed E-state index contributed by atoms with van der Waals surface area (Å²) in [7, 11) is 0. The van der Waals surface area contributed by atoms with Gasteiger partial charge in [0, 0.05) is 22.7 Å². The van der Waals surface area contributed by atoms with E-state index >= 15 is 0 Å². The number of aromatic amines is 1. The number of fused-ring (bicyclic) bond motifs is 1. The molecule has 3 nitrogen and oxygen atoms in total. The van der Waals surface area contributed by atoms with E-state index in [0.717, 1.165) is 28.6 Å². The molecule has 3 rings (SSSR count). The molecule has 3 heteroatoms. The number of rotatable bonds is 2. The molecule has 0 spiro atoms. The van der Waals surface area contributed by atoms with Crippen molar-refractivity contribution in [2.75, 3.05) is 0 Å². The lowest BCUT2D eigenvalue weighted by molar-refractivity contribution is 0.112. The molecule has 0 amide bonds. The molecule has 1 N–H and O–H groups in total. The van der Waals surface area contributed by atoms with Gasteiger partial charge in [0.15, 0.2) is 6.29 Å². The first-order valence-corrected chi connectivity index (χ1v) is 6.21. The summed E-state index contributed by atoms with van der Waals surface area (Å²) in [6.45, 7) is 4.13. The molecule has 1 aromatic carbocycles. The predicted octanol–water partition coefficient (Wildman–Crippen LogP) is 3.66. The lowest BCUT2D eigenvalue weighted by Crippen LogP contribution is -1.86. The van der Waals surface area contributed by atoms with Crippen LogP contribution in [0.2, 0.25) is 0 Å². The van der Waals surface area contributed by atoms with Gasteiger partial charge in [-0.3, -0.25) is 9.78 Å². The number of carbonyl (C=O) groups is 1. The number of H-pyrrole nitrogens is 1. The highest BCUT2D eigenvalue weighted by Crippen LogP contribution is 2.30. The average Bonchev–Trinajstić information content (AvgIpc) is 2.83. The van der Waals surface area contributed by atoms with Crippen LogP contribution in [0.15, 0.2) is 36.5 Å². The topological polar surface area (TPSA) is 45.8 Å². The summed E-state index contributed by atoms with van der Waals surface area (Å²) in [4.78, 5) is 19.1. The summed E-state index contributed by atoms with van der Waals surface area (Å²) >= 11 is 0. The number of hydrogen-bond donors (Lipinski definition) is 1. The van der Waals surface area contributed by atoms with Crippen molar-refractivity contribution in [1.82, 2.24) is 9.97 Å². The third-order valence-electron chi connectivity index (χ3n) is 3.58. The Bertz CT molecular complexity index is 757. The van der Waals surface area contributed by atoms with Crippen molar-refractivity contribution in [3.05, 3.63) is 53.2 Å². The highest BCUT2D eigenvalue weighted by Gasteiger charge is 2.15. The predicted molar refractivity (Wildman–Crippen MR) is 76.4 cm³/mol. The molecule has 0 saturated heterocycles. The van der Waals surface area contributed by atoms with Crippen LogP contribution in [0.3, 0.4) is 0 Å². The standard InChI is InChI=1S/C16H14N2O/c1-10-6-7-12-13(9-19)16(18-15(12)11(10)2)14-5-3-4-8-17-14/h3-9,18H,1-2H3. The minimum absolute atomic E-state index is 0.678. The van der Waals surface area contributed by atoms with Crippen molar-refractivity contribution in [3.8, 4) is 11.4 Å². The largest absolute Gasteiger partial charge is 0.352 e. The summed E-state index contributed by atoms with van der Waals surface area (Å²) in [6, 6.07) is 9.72. The molecule has 0 radical (unpaired) electrons. The van der Waals surface area contributed by atoms with Crippen LogP contribution in [-0.2, 0) is 0 Å². The van der Waals surface area contributed by atoms with Crippen LogP contribution in [0.5, 0.6) is 0 Å². The number of carbonyl (C=O) groups excluding carboxylic acids is 1. The molecule has 19 heavy (non-hydrogen) atoms. The van der Waals surface area contributed by atoms with Gasteiger partial charge in [0.1, 0.15) is 0 Å². The minimum atomic E-state index is 0.678. The van der Waals surface area contributed by atoms with Crippen molar-refractivity contribution >= 4 is 17.2 Å². The van der Waals surface area contributed by atoms with E-state index in [9.17, 15) is 4.79 Å². The molecule has 0 bridgehead atoms. The van der Waals surface area contributed by atoms with Gasteiger partial charge in [-0.1, -0.05) is 18.2 Å². The molecule has 0 unspecified atom stereocenters. The van der Waals surface area contributed by atoms with Gasteiger partial charge in [-0.05, 0) is 37.1 Å². The number of aromatic nitrogens is 2. The van der Waals surface area contributed by atoms with Crippen LogP contribution >= 0.6 is 0 Å². The van der Waals surface area contributed by atoms with Crippen molar-refractivity contribution in [2.45, 2.75) is 13.8 Å². The second-order valence-corrected chi connectivity index (χ2v) is 4.68. The monoisotopic (exact) mass is 250 g/mol. The zero-order chi connectivity index (χ0) is 13.4. The average molecular weight is 250 g/mol. The van der Waals surface area contributed by atoms with Crippen LogP contribution in [0, 0.1) is 13.8 Å². The Morgan fingerprint density at radius 3 is 2.68 bits per heavy atom. The second kappa shape index (κ2) is 4.35. The first kappa shape index (κ1) is 11.7. The van der Waals surface area contributed by atoms with E-state index in [1.165, 1.54) is 11.1 Å². The lowest BCUT2D eigenvalue weighted by Gasteiger charge is -2.00. The summed E-state index contributed by atoms with van der Waals surface area (Å²) in [6.07, 6.45) is 2.63. The third kappa shape index (κ3) is 1.74. The molecule has 0 aliphatic rings. The zero-order valence-corrected chi connectivity index (χ0v) is 10.9. The fraction of sp³-hybridized carbons (Fsp3) is 0.125. The van der Waals surface area contributed by atoms with E-state index < -0.39 is 0 Å². The van der Waals surface area contributed by atoms with Gasteiger partial charge in [-0.25, -0.2) is 0 Å². The van der Waals surface area contributed by atoms with Gasteiger partial charge in [0.05, 0.1) is 11.4 Å². The Hall–Kier alpha value is -2.42. The van der Waals surface area contributed by atoms with Gasteiger partial charge in [-0.2, -0.15) is 0 Å². The molecular weight excluding hydrogens is 236 g/mol. The maximum atomic E-state index is 11.4. The van der Waals surface area contributed by atoms with Gasteiger partial charge in [0.2, 0.25) is 0 Å². The SMILES string of the molecule is Cc1ccc2c(C=O)c(-c3ccccn3)[nH]c2c1C. The molecule has 0 saturated carbocycles. The summed E-state index contributed by atoms with van der Waals surface area (Å²) in [5, 5.41) is 0.957. The van der Waals surface area contributed by atoms with Crippen molar-refractivity contribution < 1.29 is 4.79 Å². The molecule has 0 fully saturated rings. The Labute approximate surface area is 111 Å². The highest BCUT2D eigenvalue weighted by atomic mass is 16.1. The van der Waals surface area contributed by atoms with E-state index in [1.54, 1.807) is 6.20 Å². The lowest BCUT2D eigenvalue weighted by atomic mass is 10.0. The summed E-state index contributed by atoms with van der Waals surface area (Å²) in [5.41, 5.74) is 5.65. The molecule has 3 aromatic rings. The highest BCUT2D eigenvalue weighted by molar-refractivity contribution is 6.05. The number of nitrogens with zero attached hydrogens (tertiary/aromatic N) is 1. The maximum Gasteiger partial charge on any atom is 0.152 e. The van der Waals surface area contributed by atoms with Crippen LogP contribution < -0.4 is 0 Å². The van der Waals surface area contributed by atoms with Gasteiger partial charge < -0.3 is 4.98 Å². The number of nitrogens with one attached hydrogen (secondary N) is 1. The number of benzene rings is 1. The quantitative estimate of drug-likeness (QED) is 0.705. The van der Waals surface area contributed by atoms with Crippen molar-refractivity contribution in [2.24, 2.45) is 0 Å². The van der Waals surface area contributed by atoms with Crippen LogP contribution in [0.1, 0.15) is 21.5 Å². The molecule has 0 aliphatic heterocycles. The van der Waals surface area contributed by atoms with Gasteiger partial charge in [-0.15, -0.1) is 0 Å². The molecule has 94 valence electrons. The van der Waals surface area contributed by atoms with Gasteiger partial charge in [0.25, 0.3) is 0 Å². The minimum Gasteiger partial charge on any atom is -0.352 e. The van der Waals surface area contributed by atoms with Crippen LogP contribution in [0.4, 0.5) is 0 Å². The zero-order valence-electron chi connectivity index (χ0n) is 10.9. The molecule has 0 aliphatic carbocycles. The number of aryl methyl sites for hydroxylation is 2. The summed E-state index contributed by atoms with van der Waals surface area (Å²) < 4.78 is 0. The molecule has 2 aromatic heterocycles.